The summed E-state index contributed by atoms with van der Waals surface area (Å²) in [6.45, 7) is -4.38. The van der Waals surface area contributed by atoms with E-state index in [4.69, 9.17) is 71.1 Å². The van der Waals surface area contributed by atoms with E-state index in [1.54, 1.807) is 0 Å². The summed E-state index contributed by atoms with van der Waals surface area (Å²) in [5, 5.41) is 251. The van der Waals surface area contributed by atoms with Crippen LogP contribution in [0.25, 0.3) is 0 Å². The third-order valence-electron chi connectivity index (χ3n) is 18.3. The summed E-state index contributed by atoms with van der Waals surface area (Å²) in [4.78, 5) is 50.4. The molecule has 101 heavy (non-hydrogen) atoms. The molecule has 0 aromatic carbocycles. The van der Waals surface area contributed by atoms with Gasteiger partial charge in [0.15, 0.2) is 50.3 Å². The fourth-order valence-electron chi connectivity index (χ4n) is 13.1. The summed E-state index contributed by atoms with van der Waals surface area (Å²) in [7, 11) is 0. The average Bonchev–Trinajstić information content (AvgIpc) is 0.770. The van der Waals surface area contributed by atoms with Gasteiger partial charge in [-0.25, -0.2) is 0 Å². The molecule has 8 rings (SSSR count). The van der Waals surface area contributed by atoms with Crippen LogP contribution < -0.4 is 21.3 Å². The predicted octanol–water partition coefficient (Wildman–Crippen LogP) is -17.9. The van der Waals surface area contributed by atoms with Crippen molar-refractivity contribution in [3.8, 4) is 0 Å². The van der Waals surface area contributed by atoms with Crippen molar-refractivity contribution in [1.82, 2.24) is 21.3 Å². The first-order valence-electron chi connectivity index (χ1n) is 32.1. The van der Waals surface area contributed by atoms with Gasteiger partial charge in [0.25, 0.3) is 0 Å². The van der Waals surface area contributed by atoms with Crippen LogP contribution in [0.3, 0.4) is 0 Å². The van der Waals surface area contributed by atoms with Crippen molar-refractivity contribution in [2.45, 2.75) is 273 Å². The van der Waals surface area contributed by atoms with Crippen LogP contribution in [0.15, 0.2) is 0 Å². The number of hydrogen-bond donors (Lipinski definition) is 26. The van der Waals surface area contributed by atoms with E-state index in [1.807, 2.05) is 0 Å². The van der Waals surface area contributed by atoms with Crippen LogP contribution in [-0.4, -0.2) is 434 Å². The Kier molecular flexibility index (Phi) is 29.9. The molecule has 0 aromatic heterocycles. The zero-order chi connectivity index (χ0) is 74.5. The second-order valence-corrected chi connectivity index (χ2v) is 25.3. The molecule has 45 heteroatoms. The van der Waals surface area contributed by atoms with Crippen LogP contribution in [0.1, 0.15) is 27.7 Å². The molecule has 4 amide bonds. The molecule has 0 aliphatic carbocycles. The molecular weight excluding hydrogens is 1380 g/mol. The first kappa shape index (κ1) is 83.0. The second kappa shape index (κ2) is 36.3. The van der Waals surface area contributed by atoms with Crippen LogP contribution in [-0.2, 0) is 90.2 Å². The molecule has 1 unspecified atom stereocenters. The van der Waals surface area contributed by atoms with Gasteiger partial charge in [-0.3, -0.25) is 19.2 Å². The van der Waals surface area contributed by atoms with Crippen LogP contribution in [0, 0.1) is 0 Å². The number of hydrogen-bond acceptors (Lipinski definition) is 41. The van der Waals surface area contributed by atoms with E-state index in [1.165, 1.54) is 0 Å². The van der Waals surface area contributed by atoms with E-state index in [2.05, 4.69) is 21.3 Å². The maximum absolute atomic E-state index is 12.9. The Morgan fingerprint density at radius 2 is 0.455 bits per heavy atom. The van der Waals surface area contributed by atoms with Crippen molar-refractivity contribution < 1.29 is 203 Å². The average molecular weight is 1480 g/mol. The molecule has 40 atom stereocenters. The predicted molar refractivity (Wildman–Crippen MR) is 311 cm³/mol. The number of rotatable bonds is 26. The zero-order valence-corrected chi connectivity index (χ0v) is 54.3. The highest BCUT2D eigenvalue weighted by atomic mass is 16.8. The summed E-state index contributed by atoms with van der Waals surface area (Å²) >= 11 is 0. The van der Waals surface area contributed by atoms with Gasteiger partial charge in [0, 0.05) is 27.7 Å². The largest absolute Gasteiger partial charge is 0.394 e. The monoisotopic (exact) mass is 1480 g/mol. The smallest absolute Gasteiger partial charge is 0.217 e. The van der Waals surface area contributed by atoms with Gasteiger partial charge in [-0.05, 0) is 0 Å². The number of nitrogens with one attached hydrogen (secondary N) is 4. The lowest BCUT2D eigenvalue weighted by Gasteiger charge is -2.51. The Hall–Kier alpha value is -3.60. The molecule has 0 spiro atoms. The normalized spacial score (nSPS) is 48.3. The molecule has 8 aliphatic rings. The Labute approximate surface area is 572 Å². The quantitative estimate of drug-likeness (QED) is 0.0382. The van der Waals surface area contributed by atoms with E-state index in [9.17, 15) is 132 Å². The SMILES string of the molecule is CC(=O)N[C@H]1[C@H](O[C@H]2[C@@H](O)[C@@H](CO)O[C@@H](O[C@H]3[C@H](O)[C@@H](NC(C)=O)[C@H](O[C@H]4[C@@H](O)[C@@H](CO)O[C@@H](O[C@H]5[C@H](O)[C@@H](NC(C)=O)[C@H](O[C@H]6[C@@H](O)[C@@H](CO)O[C@@H](O[C@H]7[C@@H](O)[C@@H](CO)OC(O)[C@@H]7NC(C)=O)[C@@H]6O)O[C@@H]5CO)[C@@H]4O)O[C@@H]3CO)[C@@H]2O)O[C@H](CO)[C@@H](O[C@@H]2O[C@H](CO)[C@H](O)[C@H](O)[C@H]2O)[C@@H]1O. The van der Waals surface area contributed by atoms with Gasteiger partial charge in [-0.15, -0.1) is 0 Å². The fourth-order valence-corrected chi connectivity index (χ4v) is 13.1. The lowest BCUT2D eigenvalue weighted by Crippen LogP contribution is -2.71. The number of amides is 4. The molecule has 8 saturated heterocycles. The molecule has 26 N–H and O–H groups in total. The molecule has 584 valence electrons. The molecule has 0 saturated carbocycles. The van der Waals surface area contributed by atoms with Crippen LogP contribution in [0.5, 0.6) is 0 Å². The fraction of sp³-hybridized carbons (Fsp3) is 0.929. The summed E-state index contributed by atoms with van der Waals surface area (Å²) < 4.78 is 87.0. The van der Waals surface area contributed by atoms with E-state index in [-0.39, 0.29) is 0 Å². The molecule has 8 aliphatic heterocycles. The van der Waals surface area contributed by atoms with Crippen molar-refractivity contribution >= 4 is 23.6 Å². The van der Waals surface area contributed by atoms with Gasteiger partial charge in [0.2, 0.25) is 23.6 Å². The van der Waals surface area contributed by atoms with E-state index in [0.717, 1.165) is 27.7 Å². The minimum Gasteiger partial charge on any atom is -0.394 e. The summed E-state index contributed by atoms with van der Waals surface area (Å²) in [6.07, 6.45) is -71.2. The topological polar surface area (TPSA) is 700 Å². The van der Waals surface area contributed by atoms with Crippen molar-refractivity contribution in [3.05, 3.63) is 0 Å². The highest BCUT2D eigenvalue weighted by molar-refractivity contribution is 5.74. The van der Waals surface area contributed by atoms with Gasteiger partial charge in [-0.2, -0.15) is 0 Å². The van der Waals surface area contributed by atoms with Gasteiger partial charge in [0.05, 0.1) is 52.9 Å². The molecule has 8 heterocycles. The maximum atomic E-state index is 12.9. The standard InChI is InChI=1S/C56H94N4O41/c1-13(69)57-25-34(78)42(95-53-38(82)37(81)29(73)17(5-61)88-53)22(10-66)92-50(25)99-46-31(75)19(7-63)89-54(39(46)83)96-43-23(11-67)93-51(26(35(43)79)58-14(2)70)100-47-32(76)20(8-64)90-55(40(47)84)97-44-24(12-68)94-52(27(36(44)80)59-15(3)71)101-48-33(77)21(9-65)91-56(41(48)85)98-45-28(60-16(4)72)49(86)87-18(6-62)30(45)74/h17-56,61-68,73-86H,5-12H2,1-4H3,(H,57,69)(H,58,70)(H,59,71)(H,60,72)/t17-,18-,19-,20-,21-,22-,23-,24-,25-,26-,27-,28-,29+,30+,31+,32+,33+,34-,35-,36-,37+,38-,39-,40-,41-,42-,43-,44-,45-,46+,47+,48+,49?,50+,51+,52+,53+,54+,55+,56+/m1/s1. The summed E-state index contributed by atoms with van der Waals surface area (Å²) in [5.41, 5.74) is 0. The lowest BCUT2D eigenvalue weighted by atomic mass is 9.93. The van der Waals surface area contributed by atoms with E-state index in [0.29, 0.717) is 0 Å². The van der Waals surface area contributed by atoms with E-state index < -0.39 is 322 Å². The van der Waals surface area contributed by atoms with Crippen LogP contribution >= 0.6 is 0 Å². The number of ether oxygens (including phenoxy) is 15. The highest BCUT2D eigenvalue weighted by Gasteiger charge is 2.60. The first-order valence-corrected chi connectivity index (χ1v) is 32.1. The number of carbonyl (C=O) groups excluding carboxylic acids is 4. The van der Waals surface area contributed by atoms with Crippen molar-refractivity contribution in [3.63, 3.8) is 0 Å². The first-order chi connectivity index (χ1) is 47.8. The van der Waals surface area contributed by atoms with Crippen molar-refractivity contribution in [2.24, 2.45) is 0 Å². The molecule has 8 fully saturated rings. The molecule has 0 aromatic rings. The van der Waals surface area contributed by atoms with Crippen LogP contribution in [0.2, 0.25) is 0 Å². The second-order valence-electron chi connectivity index (χ2n) is 25.3. The van der Waals surface area contributed by atoms with Gasteiger partial charge in [0.1, 0.15) is 195 Å². The minimum atomic E-state index is -2.33. The number of aliphatic hydroxyl groups is 22. The third-order valence-corrected chi connectivity index (χ3v) is 18.3. The summed E-state index contributed by atoms with van der Waals surface area (Å²) in [6, 6.07) is -7.19. The molecule has 0 radical (unpaired) electrons. The number of carbonyl (C=O) groups is 4. The third kappa shape index (κ3) is 18.3. The maximum Gasteiger partial charge on any atom is 0.217 e. The van der Waals surface area contributed by atoms with E-state index >= 15 is 0 Å². The van der Waals surface area contributed by atoms with Crippen molar-refractivity contribution in [2.75, 3.05) is 52.9 Å². The molecule has 45 nitrogen and oxygen atoms in total. The zero-order valence-electron chi connectivity index (χ0n) is 54.3. The van der Waals surface area contributed by atoms with Crippen LogP contribution in [0.4, 0.5) is 0 Å². The Balaban J connectivity index is 0.982. The highest BCUT2D eigenvalue weighted by Crippen LogP contribution is 2.39. The van der Waals surface area contributed by atoms with Gasteiger partial charge in [-0.1, -0.05) is 0 Å². The van der Waals surface area contributed by atoms with Gasteiger partial charge < -0.3 is 205 Å². The Morgan fingerprint density at radius 3 is 0.733 bits per heavy atom. The Bertz CT molecular complexity index is 2640. The lowest BCUT2D eigenvalue weighted by molar-refractivity contribution is -0.388. The minimum absolute atomic E-state index is 0.766. The van der Waals surface area contributed by atoms with Crippen molar-refractivity contribution in [1.29, 1.82) is 0 Å². The molecule has 0 bridgehead atoms. The van der Waals surface area contributed by atoms with Gasteiger partial charge >= 0.3 is 0 Å². The number of aliphatic hydroxyl groups excluding tert-OH is 22. The summed E-state index contributed by atoms with van der Waals surface area (Å²) in [5.74, 6) is -3.48. The Morgan fingerprint density at radius 1 is 0.238 bits per heavy atom. The molecular formula is C56H94N4O41.